The van der Waals surface area contributed by atoms with Crippen molar-refractivity contribution in [3.05, 3.63) is 21.3 Å². The Labute approximate surface area is 94.5 Å². The summed E-state index contributed by atoms with van der Waals surface area (Å²) in [5.41, 5.74) is 0. The molecule has 1 N–H and O–H groups in total. The lowest BCUT2D eigenvalue weighted by atomic mass is 9.69. The van der Waals surface area contributed by atoms with Crippen molar-refractivity contribution in [3.63, 3.8) is 0 Å². The van der Waals surface area contributed by atoms with Crippen LogP contribution in [0.2, 0.25) is 4.34 Å². The van der Waals surface area contributed by atoms with Crippen LogP contribution in [0.15, 0.2) is 12.1 Å². The Hall–Kier alpha value is -0.0500. The molecule has 0 radical (unpaired) electrons. The van der Waals surface area contributed by atoms with E-state index < -0.39 is 0 Å². The Bertz CT molecular complexity index is 310. The maximum Gasteiger partial charge on any atom is 0.0931 e. The van der Waals surface area contributed by atoms with Crippen molar-refractivity contribution >= 4 is 22.9 Å². The first-order chi connectivity index (χ1) is 6.72. The van der Waals surface area contributed by atoms with Crippen LogP contribution in [0.25, 0.3) is 0 Å². The minimum atomic E-state index is 0.714. The predicted molar refractivity (Wildman–Crippen MR) is 63.3 cm³/mol. The highest BCUT2D eigenvalue weighted by Gasteiger charge is 2.38. The van der Waals surface area contributed by atoms with E-state index in [9.17, 15) is 0 Å². The van der Waals surface area contributed by atoms with Crippen LogP contribution in [0.3, 0.4) is 0 Å². The normalized spacial score (nSPS) is 31.5. The third kappa shape index (κ3) is 1.83. The van der Waals surface area contributed by atoms with E-state index in [0.717, 1.165) is 22.7 Å². The molecule has 14 heavy (non-hydrogen) atoms. The van der Waals surface area contributed by atoms with E-state index in [0.29, 0.717) is 6.04 Å². The highest BCUT2D eigenvalue weighted by molar-refractivity contribution is 7.16. The van der Waals surface area contributed by atoms with Gasteiger partial charge in [0.05, 0.1) is 4.34 Å². The monoisotopic (exact) mass is 229 g/mol. The van der Waals surface area contributed by atoms with Crippen LogP contribution in [0.5, 0.6) is 0 Å². The molecule has 0 bridgehead atoms. The van der Waals surface area contributed by atoms with Gasteiger partial charge in [-0.05, 0) is 36.9 Å². The van der Waals surface area contributed by atoms with Gasteiger partial charge >= 0.3 is 0 Å². The molecule has 0 amide bonds. The van der Waals surface area contributed by atoms with Gasteiger partial charge in [0.25, 0.3) is 0 Å². The van der Waals surface area contributed by atoms with E-state index in [4.69, 9.17) is 11.6 Å². The summed E-state index contributed by atoms with van der Waals surface area (Å²) < 4.78 is 0.916. The van der Waals surface area contributed by atoms with Crippen molar-refractivity contribution < 1.29 is 0 Å². The summed E-state index contributed by atoms with van der Waals surface area (Å²) in [5.74, 6) is 1.49. The highest BCUT2D eigenvalue weighted by atomic mass is 35.5. The molecule has 2 rings (SSSR count). The van der Waals surface area contributed by atoms with E-state index in [2.05, 4.69) is 25.2 Å². The summed E-state index contributed by atoms with van der Waals surface area (Å²) in [5, 5.41) is 3.51. The fourth-order valence-electron chi connectivity index (χ4n) is 2.22. The van der Waals surface area contributed by atoms with Gasteiger partial charge in [-0.2, -0.15) is 0 Å². The van der Waals surface area contributed by atoms with E-state index >= 15 is 0 Å². The number of nitrogens with one attached hydrogen (secondary N) is 1. The summed E-state index contributed by atoms with van der Waals surface area (Å²) in [6.07, 6.45) is 1.27. The Kier molecular flexibility index (Phi) is 3.15. The third-order valence-corrected chi connectivity index (χ3v) is 4.57. The maximum atomic E-state index is 5.93. The molecular weight excluding hydrogens is 214 g/mol. The van der Waals surface area contributed by atoms with Crippen molar-refractivity contribution in [1.82, 2.24) is 5.32 Å². The molecule has 78 valence electrons. The van der Waals surface area contributed by atoms with Gasteiger partial charge in [-0.1, -0.05) is 25.4 Å². The van der Waals surface area contributed by atoms with Gasteiger partial charge in [0, 0.05) is 10.9 Å². The Morgan fingerprint density at radius 1 is 1.57 bits per heavy atom. The smallest absolute Gasteiger partial charge is 0.0931 e. The van der Waals surface area contributed by atoms with Crippen molar-refractivity contribution in [1.29, 1.82) is 0 Å². The molecule has 0 saturated heterocycles. The lowest BCUT2D eigenvalue weighted by Gasteiger charge is -2.42. The average Bonchev–Trinajstić information content (AvgIpc) is 2.57. The Balaban J connectivity index is 1.97. The summed E-state index contributed by atoms with van der Waals surface area (Å²) in [6, 6.07) is 4.90. The van der Waals surface area contributed by atoms with Crippen molar-refractivity contribution in [3.8, 4) is 0 Å². The van der Waals surface area contributed by atoms with E-state index in [1.165, 1.54) is 11.3 Å². The zero-order chi connectivity index (χ0) is 10.1. The second-order valence-electron chi connectivity index (χ2n) is 4.01. The van der Waals surface area contributed by atoms with Gasteiger partial charge in [-0.15, -0.1) is 11.3 Å². The second kappa shape index (κ2) is 4.21. The SMILES string of the molecule is CCNC1CC(c2ccc(Cl)s2)C1C. The number of rotatable bonds is 3. The fourth-order valence-corrected chi connectivity index (χ4v) is 3.51. The third-order valence-electron chi connectivity index (χ3n) is 3.20. The van der Waals surface area contributed by atoms with E-state index in [1.807, 2.05) is 6.07 Å². The van der Waals surface area contributed by atoms with Crippen LogP contribution >= 0.6 is 22.9 Å². The van der Waals surface area contributed by atoms with Gasteiger partial charge in [0.2, 0.25) is 0 Å². The molecule has 1 saturated carbocycles. The summed E-state index contributed by atoms with van der Waals surface area (Å²) in [6.45, 7) is 5.57. The quantitative estimate of drug-likeness (QED) is 0.837. The lowest BCUT2D eigenvalue weighted by molar-refractivity contribution is 0.190. The fraction of sp³-hybridized carbons (Fsp3) is 0.636. The standard InChI is InChI=1S/C11H16ClNS/c1-3-13-9-6-8(7(9)2)10-4-5-11(12)14-10/h4-5,7-9,13H,3,6H2,1-2H3. The van der Waals surface area contributed by atoms with Crippen molar-refractivity contribution in [2.24, 2.45) is 5.92 Å². The number of hydrogen-bond donors (Lipinski definition) is 1. The molecule has 1 aliphatic rings. The molecule has 3 unspecified atom stereocenters. The van der Waals surface area contributed by atoms with E-state index in [-0.39, 0.29) is 0 Å². The minimum Gasteiger partial charge on any atom is -0.314 e. The maximum absolute atomic E-state index is 5.93. The predicted octanol–water partition coefficient (Wildman–Crippen LogP) is 3.50. The van der Waals surface area contributed by atoms with Crippen LogP contribution in [0, 0.1) is 5.92 Å². The number of thiophene rings is 1. The molecule has 0 aromatic carbocycles. The topological polar surface area (TPSA) is 12.0 Å². The van der Waals surface area contributed by atoms with Crippen LogP contribution < -0.4 is 5.32 Å². The van der Waals surface area contributed by atoms with Gasteiger partial charge < -0.3 is 5.32 Å². The molecule has 1 aliphatic carbocycles. The van der Waals surface area contributed by atoms with Crippen LogP contribution in [-0.2, 0) is 0 Å². The number of hydrogen-bond acceptors (Lipinski definition) is 2. The van der Waals surface area contributed by atoms with Crippen molar-refractivity contribution in [2.45, 2.75) is 32.2 Å². The van der Waals surface area contributed by atoms with Gasteiger partial charge in [-0.25, -0.2) is 0 Å². The first-order valence-corrected chi connectivity index (χ1v) is 6.40. The molecule has 1 nitrogen and oxygen atoms in total. The number of halogens is 1. The van der Waals surface area contributed by atoms with Crippen LogP contribution in [0.4, 0.5) is 0 Å². The summed E-state index contributed by atoms with van der Waals surface area (Å²) >= 11 is 7.67. The lowest BCUT2D eigenvalue weighted by Crippen LogP contribution is -2.47. The Morgan fingerprint density at radius 3 is 2.86 bits per heavy atom. The van der Waals surface area contributed by atoms with E-state index in [1.54, 1.807) is 11.3 Å². The van der Waals surface area contributed by atoms with Gasteiger partial charge in [0.1, 0.15) is 0 Å². The molecule has 1 aromatic rings. The zero-order valence-electron chi connectivity index (χ0n) is 8.59. The second-order valence-corrected chi connectivity index (χ2v) is 5.75. The van der Waals surface area contributed by atoms with Gasteiger partial charge in [0.15, 0.2) is 0 Å². The van der Waals surface area contributed by atoms with Crippen LogP contribution in [0.1, 0.15) is 31.1 Å². The Morgan fingerprint density at radius 2 is 2.36 bits per heavy atom. The first kappa shape index (κ1) is 10.5. The molecule has 0 aliphatic heterocycles. The minimum absolute atomic E-state index is 0.714. The molecular formula is C11H16ClNS. The molecule has 3 atom stereocenters. The molecule has 1 fully saturated rings. The van der Waals surface area contributed by atoms with Crippen LogP contribution in [-0.4, -0.2) is 12.6 Å². The van der Waals surface area contributed by atoms with Crippen molar-refractivity contribution in [2.75, 3.05) is 6.54 Å². The zero-order valence-corrected chi connectivity index (χ0v) is 10.2. The molecule has 3 heteroatoms. The molecule has 0 spiro atoms. The van der Waals surface area contributed by atoms with Gasteiger partial charge in [-0.3, -0.25) is 0 Å². The highest BCUT2D eigenvalue weighted by Crippen LogP contribution is 2.45. The molecule has 1 aromatic heterocycles. The largest absolute Gasteiger partial charge is 0.314 e. The average molecular weight is 230 g/mol. The first-order valence-electron chi connectivity index (χ1n) is 5.21. The molecule has 1 heterocycles. The summed E-state index contributed by atoms with van der Waals surface area (Å²) in [4.78, 5) is 1.46. The summed E-state index contributed by atoms with van der Waals surface area (Å²) in [7, 11) is 0.